The van der Waals surface area contributed by atoms with Crippen LogP contribution in [0, 0.1) is 10.1 Å². The van der Waals surface area contributed by atoms with Gasteiger partial charge in [-0.05, 0) is 42.3 Å². The van der Waals surface area contributed by atoms with Crippen molar-refractivity contribution in [2.45, 2.75) is 32.2 Å². The number of hydrogen-bond acceptors (Lipinski definition) is 4. The number of nitrogens with zero attached hydrogens (tertiary/aromatic N) is 1. The van der Waals surface area contributed by atoms with E-state index in [1.807, 2.05) is 62.4 Å². The van der Waals surface area contributed by atoms with E-state index in [2.05, 4.69) is 0 Å². The van der Waals surface area contributed by atoms with Gasteiger partial charge in [-0.15, -0.1) is 0 Å². The first-order chi connectivity index (χ1) is 11.6. The summed E-state index contributed by atoms with van der Waals surface area (Å²) in [6.07, 6.45) is 0.455. The molecule has 5 heteroatoms. The Bertz CT molecular complexity index is 652. The first kappa shape index (κ1) is 17.8. The minimum Gasteiger partial charge on any atom is -0.497 e. The molecule has 0 amide bonds. The second-order valence-corrected chi connectivity index (χ2v) is 5.51. The highest BCUT2D eigenvalue weighted by Crippen LogP contribution is 2.33. The zero-order valence-electron chi connectivity index (χ0n) is 14.3. The van der Waals surface area contributed by atoms with Crippen LogP contribution in [0.4, 0.5) is 0 Å². The normalized spacial score (nSPS) is 13.1. The number of benzene rings is 2. The summed E-state index contributed by atoms with van der Waals surface area (Å²) in [5.74, 6) is 1.19. The predicted octanol–water partition coefficient (Wildman–Crippen LogP) is 4.28. The standard InChI is InChI=1S/C19H23NO4/c1-4-18(20(21)22)19(14-6-10-16(23-3)11-7-14)15-8-12-17(13-9-15)24-5-2/h6-13,18-19H,4-5H2,1-3H3. The lowest BCUT2D eigenvalue weighted by molar-refractivity contribution is -0.525. The molecular formula is C19H23NO4. The Balaban J connectivity index is 2.43. The minimum atomic E-state index is -0.684. The Labute approximate surface area is 142 Å². The summed E-state index contributed by atoms with van der Waals surface area (Å²) in [6.45, 7) is 4.36. The zero-order valence-corrected chi connectivity index (χ0v) is 14.3. The van der Waals surface area contributed by atoms with Crippen LogP contribution in [0.5, 0.6) is 11.5 Å². The van der Waals surface area contributed by atoms with Crippen LogP contribution >= 0.6 is 0 Å². The van der Waals surface area contributed by atoms with Crippen LogP contribution in [0.25, 0.3) is 0 Å². The predicted molar refractivity (Wildman–Crippen MR) is 93.5 cm³/mol. The van der Waals surface area contributed by atoms with E-state index < -0.39 is 6.04 Å². The Kier molecular flexibility index (Phi) is 6.18. The van der Waals surface area contributed by atoms with E-state index in [4.69, 9.17) is 9.47 Å². The summed E-state index contributed by atoms with van der Waals surface area (Å²) >= 11 is 0. The quantitative estimate of drug-likeness (QED) is 0.535. The molecule has 24 heavy (non-hydrogen) atoms. The van der Waals surface area contributed by atoms with Gasteiger partial charge in [0, 0.05) is 11.3 Å². The molecule has 0 N–H and O–H groups in total. The number of hydrogen-bond donors (Lipinski definition) is 0. The summed E-state index contributed by atoms with van der Waals surface area (Å²) in [5, 5.41) is 11.6. The van der Waals surface area contributed by atoms with Crippen LogP contribution in [0.2, 0.25) is 0 Å². The minimum absolute atomic E-state index is 0.189. The van der Waals surface area contributed by atoms with Crippen LogP contribution in [-0.2, 0) is 0 Å². The van der Waals surface area contributed by atoms with E-state index in [9.17, 15) is 10.1 Å². The molecule has 0 aromatic heterocycles. The van der Waals surface area contributed by atoms with Crippen molar-refractivity contribution in [3.63, 3.8) is 0 Å². The maximum atomic E-state index is 11.6. The molecule has 0 saturated carbocycles. The van der Waals surface area contributed by atoms with Crippen molar-refractivity contribution < 1.29 is 14.4 Å². The molecule has 0 bridgehead atoms. The molecule has 128 valence electrons. The first-order valence-electron chi connectivity index (χ1n) is 8.10. The molecule has 2 aromatic carbocycles. The van der Waals surface area contributed by atoms with Crippen molar-refractivity contribution in [2.75, 3.05) is 13.7 Å². The Morgan fingerprint density at radius 3 is 1.83 bits per heavy atom. The number of methoxy groups -OCH3 is 1. The molecule has 0 aliphatic heterocycles. The third kappa shape index (κ3) is 4.04. The zero-order chi connectivity index (χ0) is 17.5. The van der Waals surface area contributed by atoms with E-state index in [-0.39, 0.29) is 10.8 Å². The van der Waals surface area contributed by atoms with Crippen LogP contribution in [0.1, 0.15) is 37.3 Å². The maximum absolute atomic E-state index is 11.6. The summed E-state index contributed by atoms with van der Waals surface area (Å²) in [6, 6.07) is 14.3. The fourth-order valence-corrected chi connectivity index (χ4v) is 2.89. The molecule has 2 unspecified atom stereocenters. The smallest absolute Gasteiger partial charge is 0.223 e. The van der Waals surface area contributed by atoms with Gasteiger partial charge in [0.2, 0.25) is 6.04 Å². The Morgan fingerprint density at radius 1 is 0.958 bits per heavy atom. The van der Waals surface area contributed by atoms with Gasteiger partial charge in [-0.2, -0.15) is 0 Å². The van der Waals surface area contributed by atoms with Crippen LogP contribution in [0.15, 0.2) is 48.5 Å². The highest BCUT2D eigenvalue weighted by Gasteiger charge is 2.32. The molecular weight excluding hydrogens is 306 g/mol. The van der Waals surface area contributed by atoms with Gasteiger partial charge in [0.15, 0.2) is 0 Å². The average molecular weight is 329 g/mol. The number of nitro groups is 1. The topological polar surface area (TPSA) is 61.6 Å². The van der Waals surface area contributed by atoms with Gasteiger partial charge < -0.3 is 9.47 Å². The molecule has 0 aliphatic rings. The summed E-state index contributed by atoms with van der Waals surface area (Å²) in [4.78, 5) is 11.4. The van der Waals surface area contributed by atoms with Crippen molar-refractivity contribution in [2.24, 2.45) is 0 Å². The van der Waals surface area contributed by atoms with Gasteiger partial charge in [-0.25, -0.2) is 0 Å². The molecule has 2 aromatic rings. The molecule has 0 heterocycles. The van der Waals surface area contributed by atoms with Gasteiger partial charge in [0.25, 0.3) is 0 Å². The van der Waals surface area contributed by atoms with Crippen molar-refractivity contribution in [1.82, 2.24) is 0 Å². The van der Waals surface area contributed by atoms with Gasteiger partial charge in [-0.1, -0.05) is 31.2 Å². The number of rotatable bonds is 8. The summed E-state index contributed by atoms with van der Waals surface area (Å²) < 4.78 is 10.6. The maximum Gasteiger partial charge on any atom is 0.223 e. The SMILES string of the molecule is CCOc1ccc(C(c2ccc(OC)cc2)C(CC)[N+](=O)[O-])cc1. The highest BCUT2D eigenvalue weighted by atomic mass is 16.6. The molecule has 0 radical (unpaired) electrons. The third-order valence-corrected chi connectivity index (χ3v) is 4.10. The molecule has 2 atom stereocenters. The van der Waals surface area contributed by atoms with Crippen LogP contribution in [0.3, 0.4) is 0 Å². The molecule has 2 rings (SSSR count). The molecule has 0 spiro atoms. The van der Waals surface area contributed by atoms with Crippen molar-refractivity contribution in [3.8, 4) is 11.5 Å². The van der Waals surface area contributed by atoms with Crippen molar-refractivity contribution >= 4 is 0 Å². The summed E-state index contributed by atoms with van der Waals surface area (Å²) in [7, 11) is 1.60. The van der Waals surface area contributed by atoms with Crippen molar-refractivity contribution in [1.29, 1.82) is 0 Å². The molecule has 0 saturated heterocycles. The molecule has 0 aliphatic carbocycles. The summed E-state index contributed by atoms with van der Waals surface area (Å²) in [5.41, 5.74) is 1.82. The fraction of sp³-hybridized carbons (Fsp3) is 0.368. The highest BCUT2D eigenvalue weighted by molar-refractivity contribution is 5.39. The van der Waals surface area contributed by atoms with E-state index in [0.717, 1.165) is 22.6 Å². The lowest BCUT2D eigenvalue weighted by Crippen LogP contribution is -2.27. The Hall–Kier alpha value is -2.56. The van der Waals surface area contributed by atoms with Crippen LogP contribution < -0.4 is 9.47 Å². The van der Waals surface area contributed by atoms with Gasteiger partial charge in [0.05, 0.1) is 19.6 Å². The van der Waals surface area contributed by atoms with Gasteiger partial charge in [-0.3, -0.25) is 10.1 Å². The van der Waals surface area contributed by atoms with Crippen LogP contribution in [-0.4, -0.2) is 24.7 Å². The van der Waals surface area contributed by atoms with Gasteiger partial charge in [0.1, 0.15) is 11.5 Å². The second-order valence-electron chi connectivity index (χ2n) is 5.51. The van der Waals surface area contributed by atoms with E-state index in [0.29, 0.717) is 13.0 Å². The lowest BCUT2D eigenvalue weighted by Gasteiger charge is -2.21. The fourth-order valence-electron chi connectivity index (χ4n) is 2.89. The Morgan fingerprint density at radius 2 is 1.46 bits per heavy atom. The molecule has 5 nitrogen and oxygen atoms in total. The average Bonchev–Trinajstić information content (AvgIpc) is 2.60. The first-order valence-corrected chi connectivity index (χ1v) is 8.10. The second kappa shape index (κ2) is 8.34. The largest absolute Gasteiger partial charge is 0.497 e. The lowest BCUT2D eigenvalue weighted by atomic mass is 9.84. The van der Waals surface area contributed by atoms with E-state index in [1.54, 1.807) is 7.11 Å². The van der Waals surface area contributed by atoms with E-state index >= 15 is 0 Å². The number of ether oxygens (including phenoxy) is 2. The molecule has 0 fully saturated rings. The third-order valence-electron chi connectivity index (χ3n) is 4.10. The van der Waals surface area contributed by atoms with Crippen molar-refractivity contribution in [3.05, 3.63) is 69.8 Å². The monoisotopic (exact) mass is 329 g/mol. The van der Waals surface area contributed by atoms with E-state index in [1.165, 1.54) is 0 Å². The van der Waals surface area contributed by atoms with Gasteiger partial charge >= 0.3 is 0 Å².